The van der Waals surface area contributed by atoms with E-state index >= 15 is 0 Å². The highest BCUT2D eigenvalue weighted by molar-refractivity contribution is 14.1. The number of rotatable bonds is 2. The maximum absolute atomic E-state index is 12.8. The van der Waals surface area contributed by atoms with Crippen molar-refractivity contribution in [1.82, 2.24) is 0 Å². The number of ketones is 1. The highest BCUT2D eigenvalue weighted by Crippen LogP contribution is 2.21. The number of benzene rings is 1. The van der Waals surface area contributed by atoms with Crippen molar-refractivity contribution in [2.75, 3.05) is 5.33 Å². The summed E-state index contributed by atoms with van der Waals surface area (Å²) in [6.45, 7) is 0. The van der Waals surface area contributed by atoms with E-state index in [1.807, 2.05) is 45.2 Å². The van der Waals surface area contributed by atoms with Crippen molar-refractivity contribution < 1.29 is 9.18 Å². The summed E-state index contributed by atoms with van der Waals surface area (Å²) in [7, 11) is 0. The second kappa shape index (κ2) is 5.01. The summed E-state index contributed by atoms with van der Waals surface area (Å²) >= 11 is 7.02. The monoisotopic (exact) mass is 468 g/mol. The van der Waals surface area contributed by atoms with E-state index in [1.54, 1.807) is 0 Å². The number of alkyl halides is 1. The molecule has 0 aromatic heterocycles. The number of hydrogen-bond acceptors (Lipinski definition) is 1. The van der Waals surface area contributed by atoms with Gasteiger partial charge in [-0.3, -0.25) is 4.79 Å². The van der Waals surface area contributed by atoms with Gasteiger partial charge in [-0.15, -0.1) is 0 Å². The third kappa shape index (κ3) is 2.85. The van der Waals surface area contributed by atoms with Gasteiger partial charge in [-0.1, -0.05) is 15.9 Å². The third-order valence-electron chi connectivity index (χ3n) is 1.41. The Morgan fingerprint density at radius 2 is 1.85 bits per heavy atom. The van der Waals surface area contributed by atoms with E-state index < -0.39 is 0 Å². The lowest BCUT2D eigenvalue weighted by Crippen LogP contribution is -2.06. The molecule has 0 aliphatic rings. The molecule has 0 atom stereocenters. The third-order valence-corrected chi connectivity index (χ3v) is 3.62. The number of Topliss-reactive ketones (excluding diaryl/α,β-unsaturated/α-hetero) is 1. The molecule has 1 aromatic carbocycles. The first-order chi connectivity index (χ1) is 6.06. The molecule has 70 valence electrons. The normalized spacial score (nSPS) is 10.2. The van der Waals surface area contributed by atoms with E-state index in [-0.39, 0.29) is 16.9 Å². The molecule has 0 saturated carbocycles. The SMILES string of the molecule is O=C(CBr)c1c(I)cc(F)cc1I. The molecular weight excluding hydrogens is 465 g/mol. The van der Waals surface area contributed by atoms with Gasteiger partial charge in [0.05, 0.1) is 5.33 Å². The molecule has 0 heterocycles. The van der Waals surface area contributed by atoms with E-state index in [4.69, 9.17) is 0 Å². The first-order valence-corrected chi connectivity index (χ1v) is 6.58. The average molecular weight is 469 g/mol. The van der Waals surface area contributed by atoms with Crippen LogP contribution in [0.2, 0.25) is 0 Å². The van der Waals surface area contributed by atoms with Gasteiger partial charge in [0.2, 0.25) is 0 Å². The van der Waals surface area contributed by atoms with Gasteiger partial charge in [0.25, 0.3) is 0 Å². The Kier molecular flexibility index (Phi) is 4.56. The molecular formula is C8H4BrFI2O. The summed E-state index contributed by atoms with van der Waals surface area (Å²) < 4.78 is 14.2. The standard InChI is InChI=1S/C8H4BrFI2O/c9-3-7(13)8-5(11)1-4(10)2-6(8)12/h1-2H,3H2. The van der Waals surface area contributed by atoms with E-state index in [2.05, 4.69) is 15.9 Å². The summed E-state index contributed by atoms with van der Waals surface area (Å²) in [5.41, 5.74) is 0.597. The molecule has 0 aliphatic carbocycles. The molecule has 5 heteroatoms. The van der Waals surface area contributed by atoms with Gasteiger partial charge in [-0.2, -0.15) is 0 Å². The van der Waals surface area contributed by atoms with Crippen LogP contribution in [0.5, 0.6) is 0 Å². The van der Waals surface area contributed by atoms with Gasteiger partial charge >= 0.3 is 0 Å². The zero-order valence-electron chi connectivity index (χ0n) is 6.28. The van der Waals surface area contributed by atoms with Gasteiger partial charge in [-0.05, 0) is 57.3 Å². The quantitative estimate of drug-likeness (QED) is 0.368. The van der Waals surface area contributed by atoms with Gasteiger partial charge in [0.1, 0.15) is 5.82 Å². The van der Waals surface area contributed by atoms with Crippen molar-refractivity contribution in [2.24, 2.45) is 0 Å². The summed E-state index contributed by atoms with van der Waals surface area (Å²) in [5.74, 6) is -0.325. The van der Waals surface area contributed by atoms with Crippen LogP contribution in [0, 0.1) is 13.0 Å². The fourth-order valence-electron chi connectivity index (χ4n) is 0.875. The molecule has 0 fully saturated rings. The molecule has 0 radical (unpaired) electrons. The predicted molar refractivity (Wildman–Crippen MR) is 70.0 cm³/mol. The van der Waals surface area contributed by atoms with Crippen LogP contribution < -0.4 is 0 Å². The van der Waals surface area contributed by atoms with Crippen LogP contribution in [-0.2, 0) is 0 Å². The van der Waals surface area contributed by atoms with Crippen LogP contribution in [0.15, 0.2) is 12.1 Å². The molecule has 0 amide bonds. The summed E-state index contributed by atoms with van der Waals surface area (Å²) in [5, 5.41) is 0.268. The second-order valence-electron chi connectivity index (χ2n) is 2.30. The molecule has 1 rings (SSSR count). The lowest BCUT2D eigenvalue weighted by molar-refractivity contribution is 0.102. The summed E-state index contributed by atoms with van der Waals surface area (Å²) in [6.07, 6.45) is 0. The lowest BCUT2D eigenvalue weighted by Gasteiger charge is -2.04. The highest BCUT2D eigenvalue weighted by atomic mass is 127. The summed E-state index contributed by atoms with van der Waals surface area (Å²) in [6, 6.07) is 2.72. The number of carbonyl (C=O) groups is 1. The Morgan fingerprint density at radius 3 is 2.23 bits per heavy atom. The lowest BCUT2D eigenvalue weighted by atomic mass is 10.1. The predicted octanol–water partition coefficient (Wildman–Crippen LogP) is 3.61. The van der Waals surface area contributed by atoms with Crippen molar-refractivity contribution >= 4 is 66.9 Å². The minimum Gasteiger partial charge on any atom is -0.293 e. The van der Waals surface area contributed by atoms with Crippen molar-refractivity contribution in [3.8, 4) is 0 Å². The molecule has 1 nitrogen and oxygen atoms in total. The maximum atomic E-state index is 12.8. The Balaban J connectivity index is 3.28. The van der Waals surface area contributed by atoms with E-state index in [0.717, 1.165) is 0 Å². The Bertz CT molecular complexity index is 331. The molecule has 0 spiro atoms. The molecule has 0 N–H and O–H groups in total. The van der Waals surface area contributed by atoms with Gasteiger partial charge in [0.15, 0.2) is 5.78 Å². The number of carbonyl (C=O) groups excluding carboxylic acids is 1. The van der Waals surface area contributed by atoms with Crippen LogP contribution in [-0.4, -0.2) is 11.1 Å². The Labute approximate surface area is 111 Å². The number of halogens is 4. The van der Waals surface area contributed by atoms with Gasteiger partial charge in [0, 0.05) is 12.7 Å². The second-order valence-corrected chi connectivity index (χ2v) is 5.19. The Hall–Kier alpha value is 0.760. The minimum absolute atomic E-state index is 0.0196. The Morgan fingerprint density at radius 1 is 1.38 bits per heavy atom. The number of hydrogen-bond donors (Lipinski definition) is 0. The van der Waals surface area contributed by atoms with Crippen LogP contribution in [0.1, 0.15) is 10.4 Å². The largest absolute Gasteiger partial charge is 0.293 e. The van der Waals surface area contributed by atoms with Crippen molar-refractivity contribution in [2.45, 2.75) is 0 Å². The smallest absolute Gasteiger partial charge is 0.175 e. The van der Waals surface area contributed by atoms with E-state index in [0.29, 0.717) is 12.7 Å². The van der Waals surface area contributed by atoms with Crippen molar-refractivity contribution in [1.29, 1.82) is 0 Å². The van der Waals surface area contributed by atoms with Crippen LogP contribution in [0.3, 0.4) is 0 Å². The van der Waals surface area contributed by atoms with Crippen LogP contribution in [0.4, 0.5) is 4.39 Å². The maximum Gasteiger partial charge on any atom is 0.175 e. The molecule has 1 aromatic rings. The van der Waals surface area contributed by atoms with Crippen LogP contribution in [0.25, 0.3) is 0 Å². The summed E-state index contributed by atoms with van der Waals surface area (Å²) in [4.78, 5) is 11.4. The highest BCUT2D eigenvalue weighted by Gasteiger charge is 2.13. The minimum atomic E-state index is -0.306. The molecule has 0 bridgehead atoms. The van der Waals surface area contributed by atoms with Crippen LogP contribution >= 0.6 is 61.1 Å². The first-order valence-electron chi connectivity index (χ1n) is 3.30. The topological polar surface area (TPSA) is 17.1 Å². The van der Waals surface area contributed by atoms with Crippen molar-refractivity contribution in [3.63, 3.8) is 0 Å². The molecule has 13 heavy (non-hydrogen) atoms. The molecule has 0 unspecified atom stereocenters. The average Bonchev–Trinajstić information content (AvgIpc) is 2.02. The van der Waals surface area contributed by atoms with E-state index in [1.165, 1.54) is 12.1 Å². The molecule has 0 aliphatic heterocycles. The fourth-order valence-corrected chi connectivity index (χ4v) is 3.45. The van der Waals surface area contributed by atoms with Gasteiger partial charge in [-0.25, -0.2) is 4.39 Å². The first kappa shape index (κ1) is 11.8. The van der Waals surface area contributed by atoms with E-state index in [9.17, 15) is 9.18 Å². The zero-order chi connectivity index (χ0) is 10.0. The molecule has 0 saturated heterocycles. The fraction of sp³-hybridized carbons (Fsp3) is 0.125. The van der Waals surface area contributed by atoms with Gasteiger partial charge < -0.3 is 0 Å². The van der Waals surface area contributed by atoms with Crippen molar-refractivity contribution in [3.05, 3.63) is 30.7 Å². The zero-order valence-corrected chi connectivity index (χ0v) is 12.2.